The second-order valence-electron chi connectivity index (χ2n) is 7.62. The molecular formula is C22H25N3O2S2. The van der Waals surface area contributed by atoms with Crippen LogP contribution in [0.4, 0.5) is 0 Å². The van der Waals surface area contributed by atoms with Crippen molar-refractivity contribution >= 4 is 32.7 Å². The van der Waals surface area contributed by atoms with Crippen molar-refractivity contribution < 1.29 is 8.42 Å². The molecule has 1 aliphatic carbocycles. The highest BCUT2D eigenvalue weighted by molar-refractivity contribution is 7.90. The molecule has 1 saturated heterocycles. The van der Waals surface area contributed by atoms with Gasteiger partial charge in [-0.25, -0.2) is 8.42 Å². The number of aromatic nitrogens is 1. The Hall–Kier alpha value is -2.25. The number of likely N-dealkylation sites (tertiary alicyclic amines) is 1. The standard InChI is InChI=1S/C22H25N3O2S2/c1-23-22(28)25-12-9-15(10-13-25)20-19-8-7-18(29(2,26)27)14-17(19)6-5-16-4-3-11-24-21(16)20/h3-4,7-8,11,14H,5-6,9-10,12-13H2,1-2H3,(H,23,28). The zero-order valence-corrected chi connectivity index (χ0v) is 18.4. The van der Waals surface area contributed by atoms with Gasteiger partial charge in [-0.2, -0.15) is 0 Å². The van der Waals surface area contributed by atoms with Crippen LogP contribution in [-0.4, -0.2) is 49.8 Å². The first-order valence-electron chi connectivity index (χ1n) is 9.85. The van der Waals surface area contributed by atoms with E-state index >= 15 is 0 Å². The SMILES string of the molecule is CNC(=S)N1CCC(=C2c3ccc(S(C)(=O)=O)cc3CCc3cccnc32)CC1. The van der Waals surface area contributed by atoms with Crippen molar-refractivity contribution in [1.29, 1.82) is 0 Å². The summed E-state index contributed by atoms with van der Waals surface area (Å²) in [5, 5.41) is 3.85. The van der Waals surface area contributed by atoms with E-state index in [2.05, 4.69) is 16.3 Å². The van der Waals surface area contributed by atoms with Gasteiger partial charge in [0.1, 0.15) is 0 Å². The third kappa shape index (κ3) is 3.94. The van der Waals surface area contributed by atoms with Crippen LogP contribution >= 0.6 is 12.2 Å². The average Bonchev–Trinajstić information content (AvgIpc) is 2.89. The molecule has 1 aromatic carbocycles. The number of thiocarbonyl (C=S) groups is 1. The summed E-state index contributed by atoms with van der Waals surface area (Å²) in [6, 6.07) is 9.67. The largest absolute Gasteiger partial charge is 0.366 e. The number of benzene rings is 1. The summed E-state index contributed by atoms with van der Waals surface area (Å²) in [7, 11) is -1.38. The van der Waals surface area contributed by atoms with Crippen molar-refractivity contribution in [3.05, 3.63) is 64.5 Å². The van der Waals surface area contributed by atoms with Crippen LogP contribution in [0.2, 0.25) is 0 Å². The van der Waals surface area contributed by atoms with Crippen LogP contribution in [0.15, 0.2) is 47.0 Å². The zero-order valence-electron chi connectivity index (χ0n) is 16.7. The molecule has 0 atom stereocenters. The summed E-state index contributed by atoms with van der Waals surface area (Å²) in [5.41, 5.74) is 7.02. The third-order valence-corrected chi connectivity index (χ3v) is 7.36. The minimum absolute atomic E-state index is 0.383. The minimum Gasteiger partial charge on any atom is -0.366 e. The number of pyridine rings is 1. The Bertz CT molecular complexity index is 1100. The fourth-order valence-electron chi connectivity index (χ4n) is 4.26. The Labute approximate surface area is 177 Å². The molecule has 0 unspecified atom stereocenters. The molecule has 5 nitrogen and oxygen atoms in total. The van der Waals surface area contributed by atoms with Crippen LogP contribution in [0.5, 0.6) is 0 Å². The van der Waals surface area contributed by atoms with E-state index in [1.807, 2.05) is 31.4 Å². The number of fused-ring (bicyclic) bond motifs is 2. The smallest absolute Gasteiger partial charge is 0.175 e. The minimum atomic E-state index is -3.24. The lowest BCUT2D eigenvalue weighted by molar-refractivity contribution is 0.385. The van der Waals surface area contributed by atoms with Gasteiger partial charge < -0.3 is 10.2 Å². The fraction of sp³-hybridized carbons (Fsp3) is 0.364. The van der Waals surface area contributed by atoms with E-state index in [4.69, 9.17) is 17.2 Å². The Kier molecular flexibility index (Phi) is 5.44. The third-order valence-electron chi connectivity index (χ3n) is 5.79. The van der Waals surface area contributed by atoms with Gasteiger partial charge in [0.05, 0.1) is 10.6 Å². The topological polar surface area (TPSA) is 62.3 Å². The van der Waals surface area contributed by atoms with E-state index in [1.54, 1.807) is 6.07 Å². The molecule has 0 spiro atoms. The summed E-state index contributed by atoms with van der Waals surface area (Å²) in [5.74, 6) is 0. The van der Waals surface area contributed by atoms with Crippen molar-refractivity contribution in [3.8, 4) is 0 Å². The predicted molar refractivity (Wildman–Crippen MR) is 120 cm³/mol. The first-order chi connectivity index (χ1) is 13.9. The van der Waals surface area contributed by atoms with Crippen LogP contribution in [0.1, 0.15) is 35.2 Å². The van der Waals surface area contributed by atoms with Gasteiger partial charge in [0.25, 0.3) is 0 Å². The van der Waals surface area contributed by atoms with E-state index in [1.165, 1.54) is 23.0 Å². The number of piperidine rings is 1. The maximum atomic E-state index is 12.1. The maximum Gasteiger partial charge on any atom is 0.175 e. The Morgan fingerprint density at radius 2 is 1.83 bits per heavy atom. The molecule has 1 aromatic heterocycles. The first-order valence-corrected chi connectivity index (χ1v) is 12.1. The molecule has 0 bridgehead atoms. The summed E-state index contributed by atoms with van der Waals surface area (Å²) < 4.78 is 24.2. The number of hydrogen-bond acceptors (Lipinski definition) is 4. The highest BCUT2D eigenvalue weighted by atomic mass is 32.2. The van der Waals surface area contributed by atoms with Crippen LogP contribution in [0, 0.1) is 0 Å². The molecule has 0 radical (unpaired) electrons. The molecule has 1 fully saturated rings. The van der Waals surface area contributed by atoms with Crippen molar-refractivity contribution in [2.24, 2.45) is 0 Å². The highest BCUT2D eigenvalue weighted by Gasteiger charge is 2.26. The number of nitrogens with zero attached hydrogens (tertiary/aromatic N) is 2. The van der Waals surface area contributed by atoms with Gasteiger partial charge in [-0.1, -0.05) is 17.7 Å². The summed E-state index contributed by atoms with van der Waals surface area (Å²) in [4.78, 5) is 7.33. The molecule has 7 heteroatoms. The van der Waals surface area contributed by atoms with Crippen LogP contribution in [0.3, 0.4) is 0 Å². The van der Waals surface area contributed by atoms with Gasteiger partial charge in [-0.05, 0) is 72.8 Å². The molecule has 2 aromatic rings. The molecule has 2 aliphatic rings. The Balaban J connectivity index is 1.84. The van der Waals surface area contributed by atoms with Crippen molar-refractivity contribution in [1.82, 2.24) is 15.2 Å². The number of aryl methyl sites for hydroxylation is 2. The predicted octanol–water partition coefficient (Wildman–Crippen LogP) is 2.99. The van der Waals surface area contributed by atoms with E-state index < -0.39 is 9.84 Å². The molecule has 152 valence electrons. The quantitative estimate of drug-likeness (QED) is 0.706. The van der Waals surface area contributed by atoms with Gasteiger partial charge >= 0.3 is 0 Å². The summed E-state index contributed by atoms with van der Waals surface area (Å²) in [6.07, 6.45) is 6.61. The van der Waals surface area contributed by atoms with E-state index in [-0.39, 0.29) is 0 Å². The van der Waals surface area contributed by atoms with Crippen LogP contribution in [0.25, 0.3) is 5.57 Å². The van der Waals surface area contributed by atoms with Crippen molar-refractivity contribution in [2.45, 2.75) is 30.6 Å². The second kappa shape index (κ2) is 7.88. The molecule has 1 aliphatic heterocycles. The lowest BCUT2D eigenvalue weighted by Crippen LogP contribution is -2.41. The van der Waals surface area contributed by atoms with Gasteiger partial charge in [0, 0.05) is 38.2 Å². The van der Waals surface area contributed by atoms with Gasteiger partial charge in [0.2, 0.25) is 0 Å². The summed E-state index contributed by atoms with van der Waals surface area (Å²) in [6.45, 7) is 1.74. The lowest BCUT2D eigenvalue weighted by atomic mass is 9.88. The summed E-state index contributed by atoms with van der Waals surface area (Å²) >= 11 is 5.40. The molecule has 2 heterocycles. The molecular weight excluding hydrogens is 402 g/mol. The van der Waals surface area contributed by atoms with Gasteiger partial charge in [-0.3, -0.25) is 4.98 Å². The lowest BCUT2D eigenvalue weighted by Gasteiger charge is -2.31. The Morgan fingerprint density at radius 1 is 1.10 bits per heavy atom. The van der Waals surface area contributed by atoms with Gasteiger partial charge in [0.15, 0.2) is 14.9 Å². The highest BCUT2D eigenvalue weighted by Crippen LogP contribution is 2.38. The first kappa shape index (κ1) is 20.0. The second-order valence-corrected chi connectivity index (χ2v) is 10.0. The van der Waals surface area contributed by atoms with Crippen molar-refractivity contribution in [3.63, 3.8) is 0 Å². The average molecular weight is 428 g/mol. The molecule has 0 amide bonds. The van der Waals surface area contributed by atoms with Gasteiger partial charge in [-0.15, -0.1) is 0 Å². The number of sulfone groups is 1. The Morgan fingerprint density at radius 3 is 2.52 bits per heavy atom. The zero-order chi connectivity index (χ0) is 20.6. The van der Waals surface area contributed by atoms with Crippen LogP contribution < -0.4 is 5.32 Å². The van der Waals surface area contributed by atoms with E-state index in [0.29, 0.717) is 4.90 Å². The van der Waals surface area contributed by atoms with Crippen LogP contribution in [-0.2, 0) is 22.7 Å². The monoisotopic (exact) mass is 427 g/mol. The normalized spacial score (nSPS) is 16.7. The number of nitrogens with one attached hydrogen (secondary N) is 1. The maximum absolute atomic E-state index is 12.1. The molecule has 29 heavy (non-hydrogen) atoms. The molecule has 1 N–H and O–H groups in total. The van der Waals surface area contributed by atoms with E-state index in [9.17, 15) is 8.42 Å². The van der Waals surface area contributed by atoms with Crippen molar-refractivity contribution in [2.75, 3.05) is 26.4 Å². The fourth-order valence-corrected chi connectivity index (χ4v) is 5.11. The molecule has 4 rings (SSSR count). The number of rotatable bonds is 1. The molecule has 0 saturated carbocycles. The number of hydrogen-bond donors (Lipinski definition) is 1. The van der Waals surface area contributed by atoms with E-state index in [0.717, 1.165) is 60.7 Å².